The zero-order valence-corrected chi connectivity index (χ0v) is 14.6. The van der Waals surface area contributed by atoms with Crippen LogP contribution < -0.4 is 10.6 Å². The van der Waals surface area contributed by atoms with Crippen LogP contribution in [-0.2, 0) is 11.0 Å². The van der Waals surface area contributed by atoms with Gasteiger partial charge in [0.05, 0.1) is 5.56 Å². The SMILES string of the molecule is CC(C)CC(=O)NC(Nc1cccc(C(F)(F)F)c1)C(Cl)(Cl)Cl. The maximum atomic E-state index is 12.7. The lowest BCUT2D eigenvalue weighted by Gasteiger charge is -2.28. The van der Waals surface area contributed by atoms with Crippen LogP contribution in [-0.4, -0.2) is 15.9 Å². The molecule has 9 heteroatoms. The van der Waals surface area contributed by atoms with E-state index in [0.29, 0.717) is 0 Å². The van der Waals surface area contributed by atoms with E-state index in [9.17, 15) is 18.0 Å². The van der Waals surface area contributed by atoms with Crippen molar-refractivity contribution >= 4 is 46.4 Å². The number of benzene rings is 1. The molecule has 0 heterocycles. The third-order valence-electron chi connectivity index (χ3n) is 2.73. The lowest BCUT2D eigenvalue weighted by molar-refractivity contribution is -0.137. The Kier molecular flexibility index (Phi) is 6.86. The van der Waals surface area contributed by atoms with Crippen molar-refractivity contribution in [1.82, 2.24) is 5.32 Å². The first-order valence-corrected chi connectivity index (χ1v) is 7.83. The van der Waals surface area contributed by atoms with E-state index in [2.05, 4.69) is 10.6 Å². The summed E-state index contributed by atoms with van der Waals surface area (Å²) in [7, 11) is 0. The van der Waals surface area contributed by atoms with Gasteiger partial charge in [-0.1, -0.05) is 54.7 Å². The van der Waals surface area contributed by atoms with Gasteiger partial charge in [-0.15, -0.1) is 0 Å². The van der Waals surface area contributed by atoms with E-state index in [1.165, 1.54) is 12.1 Å². The Morgan fingerprint density at radius 1 is 1.22 bits per heavy atom. The molecule has 1 unspecified atom stereocenters. The lowest BCUT2D eigenvalue weighted by atomic mass is 10.1. The van der Waals surface area contributed by atoms with Crippen LogP contribution in [0.2, 0.25) is 0 Å². The highest BCUT2D eigenvalue weighted by Crippen LogP contribution is 2.33. The second-order valence-corrected chi connectivity index (χ2v) is 7.73. The number of halogens is 6. The Hall–Kier alpha value is -0.850. The fourth-order valence-electron chi connectivity index (χ4n) is 1.74. The van der Waals surface area contributed by atoms with E-state index >= 15 is 0 Å². The Bertz CT molecular complexity index is 545. The van der Waals surface area contributed by atoms with E-state index in [-0.39, 0.29) is 23.9 Å². The maximum Gasteiger partial charge on any atom is 0.416 e. The summed E-state index contributed by atoms with van der Waals surface area (Å²) >= 11 is 17.4. The highest BCUT2D eigenvalue weighted by atomic mass is 35.6. The summed E-state index contributed by atoms with van der Waals surface area (Å²) in [5.74, 6) is -0.296. The van der Waals surface area contributed by atoms with Crippen LogP contribution in [0.1, 0.15) is 25.8 Å². The molecule has 0 aliphatic heterocycles. The second kappa shape index (κ2) is 7.81. The summed E-state index contributed by atoms with van der Waals surface area (Å²) in [6.07, 6.45) is -5.47. The standard InChI is InChI=1S/C14H16Cl3F3N2O/c1-8(2)6-11(23)22-12(13(15,16)17)21-10-5-3-4-9(7-10)14(18,19)20/h3-5,7-8,12,21H,6H2,1-2H3,(H,22,23). The van der Waals surface area contributed by atoms with Crippen molar-refractivity contribution in [2.45, 2.75) is 36.4 Å². The Morgan fingerprint density at radius 3 is 2.30 bits per heavy atom. The molecule has 1 rings (SSSR count). The molecule has 1 aromatic rings. The molecule has 0 spiro atoms. The average Bonchev–Trinajstić information content (AvgIpc) is 2.35. The van der Waals surface area contributed by atoms with E-state index in [1.54, 1.807) is 0 Å². The molecule has 1 amide bonds. The van der Waals surface area contributed by atoms with Gasteiger partial charge in [-0.2, -0.15) is 13.2 Å². The van der Waals surface area contributed by atoms with Crippen molar-refractivity contribution in [2.75, 3.05) is 5.32 Å². The highest BCUT2D eigenvalue weighted by Gasteiger charge is 2.35. The fourth-order valence-corrected chi connectivity index (χ4v) is 2.07. The van der Waals surface area contributed by atoms with Gasteiger partial charge < -0.3 is 10.6 Å². The van der Waals surface area contributed by atoms with E-state index in [0.717, 1.165) is 12.1 Å². The molecular formula is C14H16Cl3F3N2O. The smallest absolute Gasteiger partial charge is 0.362 e. The minimum atomic E-state index is -4.49. The van der Waals surface area contributed by atoms with E-state index in [1.807, 2.05) is 13.8 Å². The number of hydrogen-bond donors (Lipinski definition) is 2. The Balaban J connectivity index is 2.92. The topological polar surface area (TPSA) is 41.1 Å². The molecular weight excluding hydrogens is 376 g/mol. The first kappa shape index (κ1) is 20.2. The molecule has 0 saturated heterocycles. The van der Waals surface area contributed by atoms with Crippen molar-refractivity contribution in [3.63, 3.8) is 0 Å². The van der Waals surface area contributed by atoms with Crippen LogP contribution in [0.25, 0.3) is 0 Å². The normalized spacial score (nSPS) is 13.8. The maximum absolute atomic E-state index is 12.7. The minimum absolute atomic E-state index is 0.0704. The van der Waals surface area contributed by atoms with Crippen molar-refractivity contribution < 1.29 is 18.0 Å². The van der Waals surface area contributed by atoms with Gasteiger partial charge in [-0.05, 0) is 24.1 Å². The molecule has 130 valence electrons. The number of nitrogens with one attached hydrogen (secondary N) is 2. The number of alkyl halides is 6. The number of carbonyl (C=O) groups excluding carboxylic acids is 1. The van der Waals surface area contributed by atoms with Crippen molar-refractivity contribution in [1.29, 1.82) is 0 Å². The van der Waals surface area contributed by atoms with Gasteiger partial charge >= 0.3 is 6.18 Å². The van der Waals surface area contributed by atoms with Crippen LogP contribution in [0.15, 0.2) is 24.3 Å². The second-order valence-electron chi connectivity index (χ2n) is 5.36. The summed E-state index contributed by atoms with van der Waals surface area (Å²) in [4.78, 5) is 11.8. The molecule has 23 heavy (non-hydrogen) atoms. The van der Waals surface area contributed by atoms with Crippen LogP contribution in [0.5, 0.6) is 0 Å². The van der Waals surface area contributed by atoms with E-state index in [4.69, 9.17) is 34.8 Å². The molecule has 0 fully saturated rings. The number of hydrogen-bond acceptors (Lipinski definition) is 2. The molecule has 1 aromatic carbocycles. The molecule has 0 aliphatic rings. The number of rotatable bonds is 5. The molecule has 0 bridgehead atoms. The summed E-state index contributed by atoms with van der Waals surface area (Å²) < 4.78 is 36.2. The largest absolute Gasteiger partial charge is 0.416 e. The predicted octanol–water partition coefficient (Wildman–Crippen LogP) is 4.98. The third-order valence-corrected chi connectivity index (χ3v) is 3.38. The van der Waals surface area contributed by atoms with Crippen molar-refractivity contribution in [3.05, 3.63) is 29.8 Å². The van der Waals surface area contributed by atoms with E-state index < -0.39 is 21.7 Å². The van der Waals surface area contributed by atoms with Crippen LogP contribution in [0, 0.1) is 5.92 Å². The predicted molar refractivity (Wildman–Crippen MR) is 86.7 cm³/mol. The molecule has 0 aliphatic carbocycles. The number of carbonyl (C=O) groups is 1. The molecule has 2 N–H and O–H groups in total. The highest BCUT2D eigenvalue weighted by molar-refractivity contribution is 6.68. The third kappa shape index (κ3) is 7.06. The number of amides is 1. The average molecular weight is 392 g/mol. The summed E-state index contributed by atoms with van der Waals surface area (Å²) in [5, 5.41) is 5.08. The molecule has 0 aromatic heterocycles. The zero-order valence-electron chi connectivity index (χ0n) is 12.3. The quantitative estimate of drug-likeness (QED) is 0.549. The zero-order chi connectivity index (χ0) is 17.8. The summed E-state index contributed by atoms with van der Waals surface area (Å²) in [6, 6.07) is 4.40. The van der Waals surface area contributed by atoms with Crippen LogP contribution in [0.4, 0.5) is 18.9 Å². The van der Waals surface area contributed by atoms with Gasteiger partial charge in [0, 0.05) is 12.1 Å². The fraction of sp³-hybridized carbons (Fsp3) is 0.500. The monoisotopic (exact) mass is 390 g/mol. The number of anilines is 1. The first-order chi connectivity index (χ1) is 10.4. The minimum Gasteiger partial charge on any atom is -0.362 e. The molecule has 1 atom stereocenters. The Morgan fingerprint density at radius 2 is 1.83 bits per heavy atom. The van der Waals surface area contributed by atoms with Gasteiger partial charge in [0.1, 0.15) is 6.17 Å². The first-order valence-electron chi connectivity index (χ1n) is 6.69. The van der Waals surface area contributed by atoms with Crippen LogP contribution >= 0.6 is 34.8 Å². The van der Waals surface area contributed by atoms with Crippen LogP contribution in [0.3, 0.4) is 0 Å². The Labute approximate surface area is 147 Å². The van der Waals surface area contributed by atoms with Gasteiger partial charge in [0.15, 0.2) is 0 Å². The molecule has 3 nitrogen and oxygen atoms in total. The van der Waals surface area contributed by atoms with Gasteiger partial charge in [0.2, 0.25) is 9.70 Å². The van der Waals surface area contributed by atoms with Crippen molar-refractivity contribution in [3.8, 4) is 0 Å². The summed E-state index contributed by atoms with van der Waals surface area (Å²) in [6.45, 7) is 3.67. The molecule has 0 saturated carbocycles. The molecule has 0 radical (unpaired) electrons. The van der Waals surface area contributed by atoms with Gasteiger partial charge in [0.25, 0.3) is 0 Å². The van der Waals surface area contributed by atoms with Gasteiger partial charge in [-0.3, -0.25) is 4.79 Å². The van der Waals surface area contributed by atoms with Crippen molar-refractivity contribution in [2.24, 2.45) is 5.92 Å². The lowest BCUT2D eigenvalue weighted by Crippen LogP contribution is -2.49. The summed E-state index contributed by atoms with van der Waals surface area (Å²) in [5.41, 5.74) is -0.778. The van der Waals surface area contributed by atoms with Gasteiger partial charge in [-0.25, -0.2) is 0 Å².